The van der Waals surface area contributed by atoms with Gasteiger partial charge in [-0.15, -0.1) is 0 Å². The summed E-state index contributed by atoms with van der Waals surface area (Å²) in [5.74, 6) is -0.886. The molecule has 17 heavy (non-hydrogen) atoms. The minimum atomic E-state index is -0.862. The number of carbonyl (C=O) groups is 1. The molecule has 0 aliphatic rings. The topological polar surface area (TPSA) is 55.1 Å². The number of aromatic nitrogens is 2. The highest BCUT2D eigenvalue weighted by atomic mass is 35.5. The lowest BCUT2D eigenvalue weighted by Crippen LogP contribution is -2.23. The summed E-state index contributed by atoms with van der Waals surface area (Å²) in [5, 5.41) is 10.5. The fraction of sp³-hybridized carbons (Fsp3) is 0.333. The van der Waals surface area contributed by atoms with Gasteiger partial charge in [-0.05, 0) is 24.1 Å². The number of hydrogen-bond donors (Lipinski definition) is 1. The lowest BCUT2D eigenvalue weighted by Gasteiger charge is -2.18. The van der Waals surface area contributed by atoms with Gasteiger partial charge in [0.2, 0.25) is 0 Å². The average molecular weight is 253 g/mol. The van der Waals surface area contributed by atoms with E-state index in [0.717, 1.165) is 5.39 Å². The number of halogens is 1. The quantitative estimate of drug-likeness (QED) is 0.855. The van der Waals surface area contributed by atoms with Gasteiger partial charge >= 0.3 is 5.97 Å². The number of carboxylic acids is 1. The molecular formula is C12H13ClN2O2. The van der Waals surface area contributed by atoms with Gasteiger partial charge in [-0.3, -0.25) is 0 Å². The number of rotatable bonds is 3. The molecular weight excluding hydrogens is 240 g/mol. The molecule has 0 aliphatic heterocycles. The second kappa shape index (κ2) is 4.37. The number of fused-ring (bicyclic) bond motifs is 1. The Hall–Kier alpha value is -1.55. The third-order valence-corrected chi connectivity index (χ3v) is 2.93. The number of pyridine rings is 1. The molecule has 0 saturated carbocycles. The Bertz CT molecular complexity index is 563. The van der Waals surface area contributed by atoms with Crippen molar-refractivity contribution in [2.24, 2.45) is 5.92 Å². The molecule has 0 amide bonds. The third-order valence-electron chi connectivity index (χ3n) is 2.71. The molecule has 1 unspecified atom stereocenters. The summed E-state index contributed by atoms with van der Waals surface area (Å²) in [4.78, 5) is 15.5. The smallest absolute Gasteiger partial charge is 0.327 e. The van der Waals surface area contributed by atoms with Gasteiger partial charge in [0.1, 0.15) is 16.8 Å². The summed E-state index contributed by atoms with van der Waals surface area (Å²) in [5.41, 5.74) is 0.610. The van der Waals surface area contributed by atoms with Crippen LogP contribution in [0.5, 0.6) is 0 Å². The molecule has 1 atom stereocenters. The van der Waals surface area contributed by atoms with Crippen molar-refractivity contribution in [1.29, 1.82) is 0 Å². The zero-order valence-corrected chi connectivity index (χ0v) is 10.3. The van der Waals surface area contributed by atoms with Crippen LogP contribution >= 0.6 is 11.6 Å². The standard InChI is InChI=1S/C12H13ClN2O2/c1-7(2)10(12(16)17)15-6-5-8-3-4-9(13)14-11(8)15/h3-7,10H,1-2H3,(H,16,17). The predicted molar refractivity (Wildman–Crippen MR) is 66.3 cm³/mol. The monoisotopic (exact) mass is 252 g/mol. The van der Waals surface area contributed by atoms with Crippen LogP contribution in [0.3, 0.4) is 0 Å². The second-order valence-corrected chi connectivity index (χ2v) is 4.68. The Labute approximate surface area is 104 Å². The molecule has 1 N–H and O–H groups in total. The molecule has 90 valence electrons. The molecule has 0 radical (unpaired) electrons. The van der Waals surface area contributed by atoms with Crippen LogP contribution in [0.4, 0.5) is 0 Å². The van der Waals surface area contributed by atoms with Crippen LogP contribution in [0, 0.1) is 5.92 Å². The molecule has 0 aromatic carbocycles. The largest absolute Gasteiger partial charge is 0.480 e. The van der Waals surface area contributed by atoms with E-state index in [4.69, 9.17) is 11.6 Å². The summed E-state index contributed by atoms with van der Waals surface area (Å²) in [6, 6.07) is 4.75. The van der Waals surface area contributed by atoms with Crippen LogP contribution < -0.4 is 0 Å². The first-order chi connectivity index (χ1) is 8.00. The maximum atomic E-state index is 11.3. The van der Waals surface area contributed by atoms with E-state index in [1.54, 1.807) is 16.8 Å². The van der Waals surface area contributed by atoms with E-state index in [0.29, 0.717) is 10.8 Å². The molecule has 4 nitrogen and oxygen atoms in total. The fourth-order valence-electron chi connectivity index (χ4n) is 1.95. The van der Waals surface area contributed by atoms with Crippen LogP contribution in [0.1, 0.15) is 19.9 Å². The van der Waals surface area contributed by atoms with E-state index in [9.17, 15) is 9.90 Å². The van der Waals surface area contributed by atoms with Gasteiger partial charge in [-0.25, -0.2) is 9.78 Å². The predicted octanol–water partition coefficient (Wildman–Crippen LogP) is 2.97. The van der Waals surface area contributed by atoms with Crippen LogP contribution in [-0.4, -0.2) is 20.6 Å². The zero-order valence-electron chi connectivity index (χ0n) is 9.59. The normalized spacial score (nSPS) is 13.2. The van der Waals surface area contributed by atoms with E-state index in [1.165, 1.54) is 0 Å². The Kier molecular flexibility index (Phi) is 3.07. The highest BCUT2D eigenvalue weighted by molar-refractivity contribution is 6.29. The maximum Gasteiger partial charge on any atom is 0.327 e. The van der Waals surface area contributed by atoms with Crippen molar-refractivity contribution in [3.05, 3.63) is 29.5 Å². The van der Waals surface area contributed by atoms with E-state index in [1.807, 2.05) is 26.0 Å². The Morgan fingerprint density at radius 3 is 2.71 bits per heavy atom. The second-order valence-electron chi connectivity index (χ2n) is 4.30. The van der Waals surface area contributed by atoms with Crippen LogP contribution in [0.15, 0.2) is 24.4 Å². The summed E-state index contributed by atoms with van der Waals surface area (Å²) in [6.45, 7) is 3.74. The van der Waals surface area contributed by atoms with Gasteiger partial charge in [0.15, 0.2) is 0 Å². The number of hydrogen-bond acceptors (Lipinski definition) is 2. The Morgan fingerprint density at radius 1 is 1.41 bits per heavy atom. The lowest BCUT2D eigenvalue weighted by atomic mass is 10.0. The molecule has 0 saturated heterocycles. The minimum Gasteiger partial charge on any atom is -0.480 e. The van der Waals surface area contributed by atoms with Gasteiger partial charge in [0.25, 0.3) is 0 Å². The summed E-state index contributed by atoms with van der Waals surface area (Å²) >= 11 is 5.84. The van der Waals surface area contributed by atoms with Crippen molar-refractivity contribution >= 4 is 28.6 Å². The summed E-state index contributed by atoms with van der Waals surface area (Å²) in [6.07, 6.45) is 1.74. The third kappa shape index (κ3) is 2.13. The van der Waals surface area contributed by atoms with Crippen molar-refractivity contribution < 1.29 is 9.90 Å². The Morgan fingerprint density at radius 2 is 2.12 bits per heavy atom. The van der Waals surface area contributed by atoms with Gasteiger partial charge in [-0.2, -0.15) is 0 Å². The minimum absolute atomic E-state index is 0.0242. The molecule has 0 fully saturated rings. The van der Waals surface area contributed by atoms with E-state index >= 15 is 0 Å². The molecule has 2 aromatic heterocycles. The van der Waals surface area contributed by atoms with Gasteiger partial charge in [0.05, 0.1) is 0 Å². The summed E-state index contributed by atoms with van der Waals surface area (Å²) < 4.78 is 1.66. The van der Waals surface area contributed by atoms with Gasteiger partial charge < -0.3 is 9.67 Å². The lowest BCUT2D eigenvalue weighted by molar-refractivity contribution is -0.142. The molecule has 2 heterocycles. The van der Waals surface area contributed by atoms with Crippen molar-refractivity contribution in [3.63, 3.8) is 0 Å². The van der Waals surface area contributed by atoms with E-state index < -0.39 is 12.0 Å². The molecule has 0 aliphatic carbocycles. The fourth-order valence-corrected chi connectivity index (χ4v) is 2.10. The molecule has 0 bridgehead atoms. The first kappa shape index (κ1) is 11.9. The van der Waals surface area contributed by atoms with E-state index in [2.05, 4.69) is 4.98 Å². The van der Waals surface area contributed by atoms with Crippen molar-refractivity contribution in [2.75, 3.05) is 0 Å². The van der Waals surface area contributed by atoms with Gasteiger partial charge in [0, 0.05) is 11.6 Å². The molecule has 5 heteroatoms. The van der Waals surface area contributed by atoms with E-state index in [-0.39, 0.29) is 5.92 Å². The van der Waals surface area contributed by atoms with Crippen molar-refractivity contribution in [1.82, 2.24) is 9.55 Å². The highest BCUT2D eigenvalue weighted by Crippen LogP contribution is 2.25. The van der Waals surface area contributed by atoms with Crippen LogP contribution in [-0.2, 0) is 4.79 Å². The Balaban J connectivity index is 2.61. The van der Waals surface area contributed by atoms with Gasteiger partial charge in [-0.1, -0.05) is 25.4 Å². The van der Waals surface area contributed by atoms with Crippen LogP contribution in [0.2, 0.25) is 5.15 Å². The number of carboxylic acid groups (broad SMARTS) is 1. The average Bonchev–Trinajstić information content (AvgIpc) is 2.60. The maximum absolute atomic E-state index is 11.3. The zero-order chi connectivity index (χ0) is 12.6. The SMILES string of the molecule is CC(C)C(C(=O)O)n1ccc2ccc(Cl)nc21. The highest BCUT2D eigenvalue weighted by Gasteiger charge is 2.24. The number of nitrogens with zero attached hydrogens (tertiary/aromatic N) is 2. The van der Waals surface area contributed by atoms with Crippen molar-refractivity contribution in [3.8, 4) is 0 Å². The number of aliphatic carboxylic acids is 1. The molecule has 0 spiro atoms. The first-order valence-corrected chi connectivity index (χ1v) is 5.74. The molecule has 2 rings (SSSR count). The first-order valence-electron chi connectivity index (χ1n) is 5.36. The molecule has 2 aromatic rings. The van der Waals surface area contributed by atoms with Crippen LogP contribution in [0.25, 0.3) is 11.0 Å². The van der Waals surface area contributed by atoms with Crippen molar-refractivity contribution in [2.45, 2.75) is 19.9 Å². The summed E-state index contributed by atoms with van der Waals surface area (Å²) in [7, 11) is 0.